The highest BCUT2D eigenvalue weighted by molar-refractivity contribution is 5.97. The number of aliphatic hydroxyl groups excluding tert-OH is 1. The van der Waals surface area contributed by atoms with Crippen molar-refractivity contribution in [3.8, 4) is 5.75 Å². The van der Waals surface area contributed by atoms with Gasteiger partial charge in [0.15, 0.2) is 0 Å². The second-order valence-corrected chi connectivity index (χ2v) is 12.8. The molecule has 19 nitrogen and oxygen atoms in total. The largest absolute Gasteiger partial charge is 0.508 e. The van der Waals surface area contributed by atoms with E-state index in [0.717, 1.165) is 0 Å². The molecule has 1 aromatic carbocycles. The standard InChI is InChI=1S/C32H50N8O11/c1-14(2)24(38-28(46)20(13-23(35)44)36-27(45)19(33)10-11-22(34)43)29(47)39-25(15(3)4)30(48)40-26(16(5)41)31(49)37-21(32(50)51)12-17-6-8-18(42)9-7-17/h6-9,14-16,19-21,24-26,41-42H,10-13,33H2,1-5H3,(H2,34,43)(H2,35,44)(H,36,45)(H,37,49)(H,38,46)(H,39,47)(H,40,48)(H,50,51)/t16-,19+,20+,21+,24+,25+,26+/m1/s1. The number of carboxylic acid groups (broad SMARTS) is 1. The van der Waals surface area contributed by atoms with E-state index >= 15 is 0 Å². The molecule has 0 radical (unpaired) electrons. The number of phenols is 1. The van der Waals surface area contributed by atoms with Crippen LogP contribution < -0.4 is 43.8 Å². The fourth-order valence-electron chi connectivity index (χ4n) is 4.66. The van der Waals surface area contributed by atoms with Gasteiger partial charge in [0.25, 0.3) is 0 Å². The van der Waals surface area contributed by atoms with Crippen LogP contribution in [0.15, 0.2) is 24.3 Å². The molecular weight excluding hydrogens is 672 g/mol. The number of carbonyl (C=O) groups excluding carboxylic acids is 7. The van der Waals surface area contributed by atoms with Gasteiger partial charge in [-0.15, -0.1) is 0 Å². The summed E-state index contributed by atoms with van der Waals surface area (Å²) in [6.07, 6.45) is -2.71. The number of rotatable bonds is 21. The number of phenolic OH excluding ortho intramolecular Hbond substituents is 1. The summed E-state index contributed by atoms with van der Waals surface area (Å²) in [4.78, 5) is 100. The third-order valence-corrected chi connectivity index (χ3v) is 7.62. The van der Waals surface area contributed by atoms with Crippen molar-refractivity contribution < 1.29 is 53.7 Å². The second kappa shape index (κ2) is 20.4. The Morgan fingerprint density at radius 3 is 1.53 bits per heavy atom. The van der Waals surface area contributed by atoms with Crippen LogP contribution >= 0.6 is 0 Å². The Hall–Kier alpha value is -5.30. The minimum Gasteiger partial charge on any atom is -0.508 e. The summed E-state index contributed by atoms with van der Waals surface area (Å²) in [5.41, 5.74) is 16.6. The van der Waals surface area contributed by atoms with Crippen molar-refractivity contribution in [3.63, 3.8) is 0 Å². The third-order valence-electron chi connectivity index (χ3n) is 7.62. The molecular formula is C32H50N8O11. The number of nitrogens with one attached hydrogen (secondary N) is 5. The molecule has 0 fully saturated rings. The SMILES string of the molecule is CC(C)[C@H](NC(=O)[C@H](CC(N)=O)NC(=O)[C@@H](N)CCC(N)=O)C(=O)N[C@H](C(=O)N[C@H](C(=O)N[C@@H](Cc1ccc(O)cc1)C(=O)O)[C@@H](C)O)C(C)C. The van der Waals surface area contributed by atoms with Crippen molar-refractivity contribution in [3.05, 3.63) is 29.8 Å². The normalized spacial score (nSPS) is 15.2. The number of hydrogen-bond donors (Lipinski definition) is 11. The summed E-state index contributed by atoms with van der Waals surface area (Å²) in [5.74, 6) is -8.98. The Morgan fingerprint density at radius 2 is 1.10 bits per heavy atom. The maximum Gasteiger partial charge on any atom is 0.326 e. The summed E-state index contributed by atoms with van der Waals surface area (Å²) in [6, 6.07) is -2.97. The number of amides is 7. The van der Waals surface area contributed by atoms with Crippen LogP contribution in [0.3, 0.4) is 0 Å². The van der Waals surface area contributed by atoms with Crippen LogP contribution in [0, 0.1) is 11.8 Å². The Bertz CT molecular complexity index is 1420. The summed E-state index contributed by atoms with van der Waals surface area (Å²) in [5, 5.41) is 41.4. The Kier molecular flexibility index (Phi) is 17.5. The second-order valence-electron chi connectivity index (χ2n) is 12.8. The number of carboxylic acids is 1. The highest BCUT2D eigenvalue weighted by Gasteiger charge is 2.36. The first-order valence-corrected chi connectivity index (χ1v) is 16.2. The Morgan fingerprint density at radius 1 is 0.647 bits per heavy atom. The van der Waals surface area contributed by atoms with E-state index in [4.69, 9.17) is 17.2 Å². The zero-order chi connectivity index (χ0) is 39.2. The summed E-state index contributed by atoms with van der Waals surface area (Å²) >= 11 is 0. The zero-order valence-electron chi connectivity index (χ0n) is 29.2. The van der Waals surface area contributed by atoms with E-state index in [2.05, 4.69) is 26.6 Å². The summed E-state index contributed by atoms with van der Waals surface area (Å²) in [7, 11) is 0. The van der Waals surface area contributed by atoms with Gasteiger partial charge in [-0.05, 0) is 42.9 Å². The average molecular weight is 723 g/mol. The number of aromatic hydroxyl groups is 1. The Labute approximate surface area is 294 Å². The van der Waals surface area contributed by atoms with Gasteiger partial charge >= 0.3 is 5.97 Å². The molecule has 0 saturated carbocycles. The van der Waals surface area contributed by atoms with E-state index in [-0.39, 0.29) is 25.0 Å². The molecule has 0 bridgehead atoms. The molecule has 7 amide bonds. The molecule has 19 heteroatoms. The van der Waals surface area contributed by atoms with Gasteiger partial charge in [0.05, 0.1) is 18.6 Å². The van der Waals surface area contributed by atoms with Crippen molar-refractivity contribution in [1.82, 2.24) is 26.6 Å². The molecule has 0 aliphatic carbocycles. The highest BCUT2D eigenvalue weighted by Crippen LogP contribution is 2.13. The van der Waals surface area contributed by atoms with Gasteiger partial charge in [0.1, 0.15) is 36.0 Å². The number of aliphatic carboxylic acids is 1. The van der Waals surface area contributed by atoms with Gasteiger partial charge in [-0.1, -0.05) is 39.8 Å². The molecule has 0 aromatic heterocycles. The van der Waals surface area contributed by atoms with E-state index < -0.39 is 108 Å². The van der Waals surface area contributed by atoms with Crippen LogP contribution in [-0.2, 0) is 44.8 Å². The highest BCUT2D eigenvalue weighted by atomic mass is 16.4. The summed E-state index contributed by atoms with van der Waals surface area (Å²) in [6.45, 7) is 7.48. The number of aliphatic hydroxyl groups is 1. The van der Waals surface area contributed by atoms with Gasteiger partial charge in [0, 0.05) is 12.8 Å². The molecule has 0 heterocycles. The molecule has 14 N–H and O–H groups in total. The van der Waals surface area contributed by atoms with Crippen molar-refractivity contribution in [2.45, 2.75) is 103 Å². The molecule has 0 aliphatic heterocycles. The summed E-state index contributed by atoms with van der Waals surface area (Å²) < 4.78 is 0. The topological polar surface area (TPSA) is 335 Å². The smallest absolute Gasteiger partial charge is 0.326 e. The van der Waals surface area contributed by atoms with E-state index in [1.54, 1.807) is 27.7 Å². The third kappa shape index (κ3) is 15.0. The van der Waals surface area contributed by atoms with Crippen LogP contribution in [0.1, 0.15) is 59.4 Å². The van der Waals surface area contributed by atoms with E-state index in [1.807, 2.05) is 0 Å². The van der Waals surface area contributed by atoms with Gasteiger partial charge in [-0.3, -0.25) is 33.6 Å². The molecule has 1 aromatic rings. The molecule has 0 unspecified atom stereocenters. The molecule has 0 aliphatic rings. The van der Waals surface area contributed by atoms with E-state index in [9.17, 15) is 53.7 Å². The number of primary amides is 2. The van der Waals surface area contributed by atoms with Crippen molar-refractivity contribution in [1.29, 1.82) is 0 Å². The fourth-order valence-corrected chi connectivity index (χ4v) is 4.66. The number of carbonyl (C=O) groups is 8. The molecule has 0 spiro atoms. The fraction of sp³-hybridized carbons (Fsp3) is 0.562. The molecule has 51 heavy (non-hydrogen) atoms. The lowest BCUT2D eigenvalue weighted by Crippen LogP contribution is -2.62. The van der Waals surface area contributed by atoms with Crippen molar-refractivity contribution >= 4 is 47.3 Å². The van der Waals surface area contributed by atoms with E-state index in [0.29, 0.717) is 5.56 Å². The van der Waals surface area contributed by atoms with Gasteiger partial charge in [-0.25, -0.2) is 4.79 Å². The van der Waals surface area contributed by atoms with Crippen LogP contribution in [0.4, 0.5) is 0 Å². The predicted octanol–water partition coefficient (Wildman–Crippen LogP) is -3.40. The Balaban J connectivity index is 3.11. The zero-order valence-corrected chi connectivity index (χ0v) is 29.2. The van der Waals surface area contributed by atoms with Crippen LogP contribution in [0.25, 0.3) is 0 Å². The van der Waals surface area contributed by atoms with Crippen LogP contribution in [-0.4, -0.2) is 105 Å². The first kappa shape index (κ1) is 43.7. The van der Waals surface area contributed by atoms with Gasteiger partial charge in [0.2, 0.25) is 41.4 Å². The maximum atomic E-state index is 13.5. The number of nitrogens with two attached hydrogens (primary N) is 3. The maximum absolute atomic E-state index is 13.5. The molecule has 7 atom stereocenters. The lowest BCUT2D eigenvalue weighted by atomic mass is 9.98. The monoisotopic (exact) mass is 722 g/mol. The first-order valence-electron chi connectivity index (χ1n) is 16.2. The molecule has 0 saturated heterocycles. The molecule has 284 valence electrons. The van der Waals surface area contributed by atoms with E-state index in [1.165, 1.54) is 31.2 Å². The lowest BCUT2D eigenvalue weighted by Gasteiger charge is -2.30. The quantitative estimate of drug-likeness (QED) is 0.0592. The average Bonchev–Trinajstić information content (AvgIpc) is 3.02. The predicted molar refractivity (Wildman–Crippen MR) is 181 cm³/mol. The lowest BCUT2D eigenvalue weighted by molar-refractivity contribution is -0.143. The number of hydrogen-bond acceptors (Lipinski definition) is 11. The van der Waals surface area contributed by atoms with Gasteiger partial charge < -0.3 is 59.1 Å². The van der Waals surface area contributed by atoms with Crippen molar-refractivity contribution in [2.75, 3.05) is 0 Å². The van der Waals surface area contributed by atoms with Crippen LogP contribution in [0.5, 0.6) is 5.75 Å². The molecule has 1 rings (SSSR count). The van der Waals surface area contributed by atoms with Gasteiger partial charge in [-0.2, -0.15) is 0 Å². The minimum atomic E-state index is -1.65. The van der Waals surface area contributed by atoms with Crippen molar-refractivity contribution in [2.24, 2.45) is 29.0 Å². The van der Waals surface area contributed by atoms with Crippen LogP contribution in [0.2, 0.25) is 0 Å². The minimum absolute atomic E-state index is 0.0448. The first-order chi connectivity index (χ1) is 23.6. The number of benzene rings is 1.